The third-order valence-corrected chi connectivity index (χ3v) is 3.14. The van der Waals surface area contributed by atoms with E-state index in [4.69, 9.17) is 4.42 Å². The molecule has 0 amide bonds. The lowest BCUT2D eigenvalue weighted by Gasteiger charge is -2.24. The summed E-state index contributed by atoms with van der Waals surface area (Å²) in [6, 6.07) is 4.28. The van der Waals surface area contributed by atoms with E-state index in [-0.39, 0.29) is 12.1 Å². The molecular weight excluding hydrogens is 240 g/mol. The lowest BCUT2D eigenvalue weighted by molar-refractivity contribution is 0.245. The highest BCUT2D eigenvalue weighted by Crippen LogP contribution is 2.19. The second kappa shape index (κ2) is 6.45. The van der Waals surface area contributed by atoms with E-state index in [0.29, 0.717) is 0 Å². The van der Waals surface area contributed by atoms with Gasteiger partial charge in [-0.25, -0.2) is 0 Å². The third kappa shape index (κ3) is 3.62. The van der Waals surface area contributed by atoms with E-state index in [1.165, 1.54) is 0 Å². The van der Waals surface area contributed by atoms with Crippen molar-refractivity contribution in [2.75, 3.05) is 20.6 Å². The lowest BCUT2D eigenvalue weighted by Crippen LogP contribution is -2.32. The Labute approximate surface area is 113 Å². The standard InChI is InChI=1S/C14H20N4O/c1-11(12-9-15-6-7-16-12)17-10-13(18(2)3)14-5-4-8-19-14/h4-9,11,13,17H,10H2,1-3H3. The van der Waals surface area contributed by atoms with Crippen molar-refractivity contribution in [3.8, 4) is 0 Å². The fraction of sp³-hybridized carbons (Fsp3) is 0.429. The predicted molar refractivity (Wildman–Crippen MR) is 73.6 cm³/mol. The average molecular weight is 260 g/mol. The van der Waals surface area contributed by atoms with Crippen LogP contribution in [0.4, 0.5) is 0 Å². The second-order valence-electron chi connectivity index (χ2n) is 4.76. The molecule has 19 heavy (non-hydrogen) atoms. The van der Waals surface area contributed by atoms with E-state index in [1.807, 2.05) is 26.2 Å². The van der Waals surface area contributed by atoms with E-state index < -0.39 is 0 Å². The normalized spacial score (nSPS) is 14.5. The van der Waals surface area contributed by atoms with Gasteiger partial charge in [0, 0.05) is 31.2 Å². The van der Waals surface area contributed by atoms with Crippen molar-refractivity contribution in [1.82, 2.24) is 20.2 Å². The smallest absolute Gasteiger partial charge is 0.122 e. The van der Waals surface area contributed by atoms with Crippen LogP contribution in [0.15, 0.2) is 41.4 Å². The van der Waals surface area contributed by atoms with Crippen molar-refractivity contribution >= 4 is 0 Å². The average Bonchev–Trinajstić information content (AvgIpc) is 2.93. The van der Waals surface area contributed by atoms with E-state index in [2.05, 4.69) is 27.1 Å². The highest BCUT2D eigenvalue weighted by Gasteiger charge is 2.18. The minimum Gasteiger partial charge on any atom is -0.468 e. The molecule has 102 valence electrons. The summed E-state index contributed by atoms with van der Waals surface area (Å²) in [4.78, 5) is 10.5. The Balaban J connectivity index is 1.96. The Morgan fingerprint density at radius 3 is 2.79 bits per heavy atom. The molecule has 5 heteroatoms. The van der Waals surface area contributed by atoms with Crippen LogP contribution in [0.1, 0.15) is 30.5 Å². The molecule has 2 unspecified atom stereocenters. The maximum Gasteiger partial charge on any atom is 0.122 e. The number of hydrogen-bond acceptors (Lipinski definition) is 5. The Hall–Kier alpha value is -1.72. The van der Waals surface area contributed by atoms with Crippen LogP contribution in [0.2, 0.25) is 0 Å². The van der Waals surface area contributed by atoms with Crippen LogP contribution >= 0.6 is 0 Å². The molecule has 0 radical (unpaired) electrons. The molecule has 2 aromatic heterocycles. The summed E-state index contributed by atoms with van der Waals surface area (Å²) in [5.41, 5.74) is 0.944. The molecule has 0 aliphatic heterocycles. The Bertz CT molecular complexity index is 469. The second-order valence-corrected chi connectivity index (χ2v) is 4.76. The van der Waals surface area contributed by atoms with Gasteiger partial charge in [-0.05, 0) is 33.2 Å². The molecule has 2 heterocycles. The number of likely N-dealkylation sites (N-methyl/N-ethyl adjacent to an activating group) is 1. The highest BCUT2D eigenvalue weighted by atomic mass is 16.3. The molecule has 0 aliphatic carbocycles. The first-order valence-corrected chi connectivity index (χ1v) is 6.37. The number of nitrogens with zero attached hydrogens (tertiary/aromatic N) is 3. The molecule has 0 aliphatic rings. The first-order chi connectivity index (χ1) is 9.18. The monoisotopic (exact) mass is 260 g/mol. The molecule has 2 rings (SSSR count). The van der Waals surface area contributed by atoms with Gasteiger partial charge in [-0.3, -0.25) is 14.9 Å². The van der Waals surface area contributed by atoms with Gasteiger partial charge in [0.1, 0.15) is 5.76 Å². The van der Waals surface area contributed by atoms with Gasteiger partial charge in [0.15, 0.2) is 0 Å². The topological polar surface area (TPSA) is 54.2 Å². The summed E-state index contributed by atoms with van der Waals surface area (Å²) >= 11 is 0. The van der Waals surface area contributed by atoms with E-state index in [1.54, 1.807) is 24.9 Å². The highest BCUT2D eigenvalue weighted by molar-refractivity contribution is 5.06. The summed E-state index contributed by atoms with van der Waals surface area (Å²) in [5.74, 6) is 0.962. The molecule has 5 nitrogen and oxygen atoms in total. The fourth-order valence-corrected chi connectivity index (χ4v) is 1.95. The van der Waals surface area contributed by atoms with Gasteiger partial charge in [0.2, 0.25) is 0 Å². The van der Waals surface area contributed by atoms with Gasteiger partial charge in [0.05, 0.1) is 18.0 Å². The Morgan fingerprint density at radius 1 is 1.37 bits per heavy atom. The number of rotatable bonds is 6. The molecule has 2 atom stereocenters. The molecule has 1 N–H and O–H groups in total. The molecule has 0 spiro atoms. The number of furan rings is 1. The van der Waals surface area contributed by atoms with Crippen molar-refractivity contribution < 1.29 is 4.42 Å². The van der Waals surface area contributed by atoms with Crippen molar-refractivity contribution in [1.29, 1.82) is 0 Å². The maximum atomic E-state index is 5.49. The predicted octanol–water partition coefficient (Wildman–Crippen LogP) is 2.02. The van der Waals surface area contributed by atoms with Gasteiger partial charge < -0.3 is 9.73 Å². The summed E-state index contributed by atoms with van der Waals surface area (Å²) in [5, 5.41) is 3.46. The van der Waals surface area contributed by atoms with Crippen LogP contribution in [0, 0.1) is 0 Å². The van der Waals surface area contributed by atoms with E-state index in [9.17, 15) is 0 Å². The molecule has 0 fully saturated rings. The van der Waals surface area contributed by atoms with Crippen LogP contribution in [0.25, 0.3) is 0 Å². The number of hydrogen-bond donors (Lipinski definition) is 1. The van der Waals surface area contributed by atoms with Crippen LogP contribution in [0.5, 0.6) is 0 Å². The first kappa shape index (κ1) is 13.7. The third-order valence-electron chi connectivity index (χ3n) is 3.14. The Kier molecular flexibility index (Phi) is 4.65. The van der Waals surface area contributed by atoms with Crippen molar-refractivity contribution in [2.24, 2.45) is 0 Å². The molecule has 0 saturated carbocycles. The van der Waals surface area contributed by atoms with Crippen molar-refractivity contribution in [3.05, 3.63) is 48.4 Å². The molecule has 0 bridgehead atoms. The summed E-state index contributed by atoms with van der Waals surface area (Å²) in [7, 11) is 4.09. The SMILES string of the molecule is CC(NCC(c1ccco1)N(C)C)c1cnccn1. The van der Waals surface area contributed by atoms with Crippen molar-refractivity contribution in [2.45, 2.75) is 19.0 Å². The van der Waals surface area contributed by atoms with Gasteiger partial charge in [-0.15, -0.1) is 0 Å². The summed E-state index contributed by atoms with van der Waals surface area (Å²) < 4.78 is 5.49. The number of aromatic nitrogens is 2. The maximum absolute atomic E-state index is 5.49. The molecule has 0 saturated heterocycles. The summed E-state index contributed by atoms with van der Waals surface area (Å²) in [6.45, 7) is 2.87. The van der Waals surface area contributed by atoms with Gasteiger partial charge in [-0.2, -0.15) is 0 Å². The molecule has 2 aromatic rings. The van der Waals surface area contributed by atoms with Crippen LogP contribution < -0.4 is 5.32 Å². The van der Waals surface area contributed by atoms with Gasteiger partial charge >= 0.3 is 0 Å². The summed E-state index contributed by atoms with van der Waals surface area (Å²) in [6.07, 6.45) is 6.89. The van der Waals surface area contributed by atoms with E-state index in [0.717, 1.165) is 18.0 Å². The zero-order valence-corrected chi connectivity index (χ0v) is 11.6. The van der Waals surface area contributed by atoms with Gasteiger partial charge in [0.25, 0.3) is 0 Å². The first-order valence-electron chi connectivity index (χ1n) is 6.37. The number of nitrogens with one attached hydrogen (secondary N) is 1. The van der Waals surface area contributed by atoms with Crippen LogP contribution in [-0.4, -0.2) is 35.5 Å². The molecular formula is C14H20N4O. The zero-order chi connectivity index (χ0) is 13.7. The quantitative estimate of drug-likeness (QED) is 0.861. The van der Waals surface area contributed by atoms with Crippen molar-refractivity contribution in [3.63, 3.8) is 0 Å². The fourth-order valence-electron chi connectivity index (χ4n) is 1.95. The van der Waals surface area contributed by atoms with Crippen LogP contribution in [-0.2, 0) is 0 Å². The molecule has 0 aromatic carbocycles. The van der Waals surface area contributed by atoms with E-state index >= 15 is 0 Å². The Morgan fingerprint density at radius 2 is 2.21 bits per heavy atom. The van der Waals surface area contributed by atoms with Gasteiger partial charge in [-0.1, -0.05) is 0 Å². The lowest BCUT2D eigenvalue weighted by atomic mass is 10.1. The zero-order valence-electron chi connectivity index (χ0n) is 11.6. The minimum atomic E-state index is 0.158. The minimum absolute atomic E-state index is 0.158. The largest absolute Gasteiger partial charge is 0.468 e. The van der Waals surface area contributed by atoms with Crippen LogP contribution in [0.3, 0.4) is 0 Å².